The van der Waals surface area contributed by atoms with Gasteiger partial charge in [-0.2, -0.15) is 0 Å². The molecule has 0 bridgehead atoms. The monoisotopic (exact) mass is 158 g/mol. The number of halogens is 2. The summed E-state index contributed by atoms with van der Waals surface area (Å²) < 4.78 is 23.8. The summed E-state index contributed by atoms with van der Waals surface area (Å²) in [6.07, 6.45) is -1.14. The van der Waals surface area contributed by atoms with E-state index in [9.17, 15) is 8.78 Å². The molecular formula is C7H8F2N2. The van der Waals surface area contributed by atoms with E-state index in [1.165, 1.54) is 12.3 Å². The minimum absolute atomic E-state index is 0.206. The Kier molecular flexibility index (Phi) is 2.48. The highest BCUT2D eigenvalue weighted by molar-refractivity contribution is 5.14. The van der Waals surface area contributed by atoms with Crippen molar-refractivity contribution in [1.82, 2.24) is 4.98 Å². The van der Waals surface area contributed by atoms with Crippen LogP contribution in [-0.4, -0.2) is 4.98 Å². The van der Waals surface area contributed by atoms with Crippen molar-refractivity contribution < 1.29 is 8.78 Å². The van der Waals surface area contributed by atoms with Crippen LogP contribution < -0.4 is 5.73 Å². The van der Waals surface area contributed by atoms with Crippen molar-refractivity contribution in [2.24, 2.45) is 5.73 Å². The van der Waals surface area contributed by atoms with Gasteiger partial charge in [0.15, 0.2) is 0 Å². The van der Waals surface area contributed by atoms with E-state index in [4.69, 9.17) is 5.73 Å². The van der Waals surface area contributed by atoms with E-state index in [0.29, 0.717) is 6.54 Å². The summed E-state index contributed by atoms with van der Waals surface area (Å²) >= 11 is 0. The van der Waals surface area contributed by atoms with E-state index < -0.39 is 6.43 Å². The van der Waals surface area contributed by atoms with Gasteiger partial charge in [-0.15, -0.1) is 0 Å². The molecule has 0 atom stereocenters. The molecule has 0 aliphatic heterocycles. The van der Waals surface area contributed by atoms with Gasteiger partial charge in [-0.3, -0.25) is 4.98 Å². The van der Waals surface area contributed by atoms with Crippen LogP contribution in [0.1, 0.15) is 17.7 Å². The summed E-state index contributed by atoms with van der Waals surface area (Å²) in [5.41, 5.74) is 5.80. The first-order valence-corrected chi connectivity index (χ1v) is 3.17. The predicted octanol–water partition coefficient (Wildman–Crippen LogP) is 1.48. The molecule has 1 aromatic heterocycles. The number of rotatable bonds is 2. The normalized spacial score (nSPS) is 10.5. The van der Waals surface area contributed by atoms with Crippen molar-refractivity contribution in [2.75, 3.05) is 0 Å². The van der Waals surface area contributed by atoms with Crippen molar-refractivity contribution >= 4 is 0 Å². The lowest BCUT2D eigenvalue weighted by Crippen LogP contribution is -1.98. The number of hydrogen-bond donors (Lipinski definition) is 1. The quantitative estimate of drug-likeness (QED) is 0.707. The smallest absolute Gasteiger partial charge is 0.280 e. The van der Waals surface area contributed by atoms with Crippen LogP contribution in [0.5, 0.6) is 0 Å². The molecule has 2 nitrogen and oxygen atoms in total. The Bertz CT molecular complexity index is 220. The maximum atomic E-state index is 11.9. The zero-order valence-corrected chi connectivity index (χ0v) is 5.80. The van der Waals surface area contributed by atoms with Crippen LogP contribution in [0.3, 0.4) is 0 Å². The molecule has 0 radical (unpaired) electrons. The van der Waals surface area contributed by atoms with E-state index in [1.807, 2.05) is 0 Å². The van der Waals surface area contributed by atoms with Crippen LogP contribution >= 0.6 is 0 Å². The molecule has 4 heteroatoms. The standard InChI is InChI=1S/C7H8F2N2/c8-7(9)6-2-1-5(3-10)4-11-6/h1-2,4,7H,3,10H2. The Balaban J connectivity index is 2.83. The minimum Gasteiger partial charge on any atom is -0.326 e. The lowest BCUT2D eigenvalue weighted by atomic mass is 10.2. The molecule has 11 heavy (non-hydrogen) atoms. The first-order chi connectivity index (χ1) is 5.24. The molecule has 0 aromatic carbocycles. The van der Waals surface area contributed by atoms with E-state index in [0.717, 1.165) is 5.56 Å². The molecule has 0 spiro atoms. The summed E-state index contributed by atoms with van der Waals surface area (Å²) in [6, 6.07) is 2.83. The van der Waals surface area contributed by atoms with Gasteiger partial charge in [0.1, 0.15) is 5.69 Å². The molecule has 60 valence electrons. The zero-order valence-electron chi connectivity index (χ0n) is 5.80. The summed E-state index contributed by atoms with van der Waals surface area (Å²) in [6.45, 7) is 0.330. The predicted molar refractivity (Wildman–Crippen MR) is 37.1 cm³/mol. The van der Waals surface area contributed by atoms with Crippen molar-refractivity contribution in [1.29, 1.82) is 0 Å². The Morgan fingerprint density at radius 2 is 2.18 bits per heavy atom. The van der Waals surface area contributed by atoms with Crippen molar-refractivity contribution in [3.05, 3.63) is 29.6 Å². The fourth-order valence-electron chi connectivity index (χ4n) is 0.686. The summed E-state index contributed by atoms with van der Waals surface area (Å²) in [7, 11) is 0. The molecular weight excluding hydrogens is 150 g/mol. The molecule has 0 unspecified atom stereocenters. The fourth-order valence-corrected chi connectivity index (χ4v) is 0.686. The molecule has 1 heterocycles. The fraction of sp³-hybridized carbons (Fsp3) is 0.286. The van der Waals surface area contributed by atoms with Gasteiger partial charge in [-0.05, 0) is 11.6 Å². The maximum absolute atomic E-state index is 11.9. The number of hydrogen-bond acceptors (Lipinski definition) is 2. The molecule has 1 aromatic rings. The number of alkyl halides is 2. The van der Waals surface area contributed by atoms with Crippen LogP contribution in [0.25, 0.3) is 0 Å². The van der Waals surface area contributed by atoms with E-state index >= 15 is 0 Å². The molecule has 0 saturated carbocycles. The highest BCUT2D eigenvalue weighted by Crippen LogP contribution is 2.15. The van der Waals surface area contributed by atoms with Gasteiger partial charge in [0, 0.05) is 12.7 Å². The van der Waals surface area contributed by atoms with Crippen LogP contribution in [-0.2, 0) is 6.54 Å². The second kappa shape index (κ2) is 3.39. The maximum Gasteiger partial charge on any atom is 0.280 e. The molecule has 1 rings (SSSR count). The summed E-state index contributed by atoms with van der Waals surface area (Å²) in [5, 5.41) is 0. The lowest BCUT2D eigenvalue weighted by molar-refractivity contribution is 0.146. The van der Waals surface area contributed by atoms with Crippen LogP contribution in [0.4, 0.5) is 8.78 Å². The third-order valence-electron chi connectivity index (χ3n) is 1.31. The summed E-state index contributed by atoms with van der Waals surface area (Å²) in [5.74, 6) is 0. The molecule has 0 fully saturated rings. The van der Waals surface area contributed by atoms with Gasteiger partial charge < -0.3 is 5.73 Å². The highest BCUT2D eigenvalue weighted by atomic mass is 19.3. The number of nitrogens with zero attached hydrogens (tertiary/aromatic N) is 1. The van der Waals surface area contributed by atoms with Gasteiger partial charge in [-0.25, -0.2) is 8.78 Å². The molecule has 2 N–H and O–H groups in total. The second-order valence-corrected chi connectivity index (χ2v) is 2.10. The first kappa shape index (κ1) is 8.07. The Hall–Kier alpha value is -1.03. The molecule has 0 aliphatic rings. The Morgan fingerprint density at radius 3 is 2.55 bits per heavy atom. The van der Waals surface area contributed by atoms with Crippen molar-refractivity contribution in [2.45, 2.75) is 13.0 Å². The van der Waals surface area contributed by atoms with Gasteiger partial charge in [-0.1, -0.05) is 6.07 Å². The summed E-state index contributed by atoms with van der Waals surface area (Å²) in [4.78, 5) is 3.52. The minimum atomic E-state index is -2.50. The molecule has 0 saturated heterocycles. The highest BCUT2D eigenvalue weighted by Gasteiger charge is 2.06. The Labute approximate surface area is 63.1 Å². The topological polar surface area (TPSA) is 38.9 Å². The van der Waals surface area contributed by atoms with Crippen LogP contribution in [0.15, 0.2) is 18.3 Å². The van der Waals surface area contributed by atoms with Gasteiger partial charge in [0.05, 0.1) is 0 Å². The van der Waals surface area contributed by atoms with E-state index in [1.54, 1.807) is 6.07 Å². The first-order valence-electron chi connectivity index (χ1n) is 3.17. The van der Waals surface area contributed by atoms with Crippen molar-refractivity contribution in [3.63, 3.8) is 0 Å². The number of nitrogens with two attached hydrogens (primary N) is 1. The average Bonchev–Trinajstić information content (AvgIpc) is 2.05. The molecule has 0 amide bonds. The van der Waals surface area contributed by atoms with Crippen LogP contribution in [0, 0.1) is 0 Å². The van der Waals surface area contributed by atoms with E-state index in [-0.39, 0.29) is 5.69 Å². The number of pyridine rings is 1. The van der Waals surface area contributed by atoms with E-state index in [2.05, 4.69) is 4.98 Å². The van der Waals surface area contributed by atoms with Gasteiger partial charge in [0.25, 0.3) is 6.43 Å². The Morgan fingerprint density at radius 1 is 1.45 bits per heavy atom. The second-order valence-electron chi connectivity index (χ2n) is 2.10. The zero-order chi connectivity index (χ0) is 8.27. The van der Waals surface area contributed by atoms with Gasteiger partial charge in [0.2, 0.25) is 0 Å². The lowest BCUT2D eigenvalue weighted by Gasteiger charge is -1.98. The van der Waals surface area contributed by atoms with Gasteiger partial charge >= 0.3 is 0 Å². The van der Waals surface area contributed by atoms with Crippen molar-refractivity contribution in [3.8, 4) is 0 Å². The number of aromatic nitrogens is 1. The van der Waals surface area contributed by atoms with Crippen LogP contribution in [0.2, 0.25) is 0 Å². The third-order valence-corrected chi connectivity index (χ3v) is 1.31. The molecule has 0 aliphatic carbocycles. The largest absolute Gasteiger partial charge is 0.326 e. The third kappa shape index (κ3) is 1.94. The average molecular weight is 158 g/mol. The SMILES string of the molecule is NCc1ccc(C(F)F)nc1.